The van der Waals surface area contributed by atoms with Crippen LogP contribution in [0.4, 0.5) is 5.82 Å². The summed E-state index contributed by atoms with van der Waals surface area (Å²) in [7, 11) is 0. The Morgan fingerprint density at radius 1 is 1.48 bits per heavy atom. The van der Waals surface area contributed by atoms with Crippen LogP contribution in [0.2, 0.25) is 0 Å². The Labute approximate surface area is 129 Å². The Hall–Kier alpha value is -1.59. The quantitative estimate of drug-likeness (QED) is 0.908. The van der Waals surface area contributed by atoms with Crippen molar-refractivity contribution in [2.45, 2.75) is 25.7 Å². The molecule has 1 fully saturated rings. The van der Waals surface area contributed by atoms with Crippen LogP contribution >= 0.6 is 11.3 Å². The van der Waals surface area contributed by atoms with Crippen molar-refractivity contribution in [1.82, 2.24) is 9.88 Å². The molecule has 1 saturated heterocycles. The Morgan fingerprint density at radius 3 is 2.95 bits per heavy atom. The van der Waals surface area contributed by atoms with E-state index < -0.39 is 0 Å². The summed E-state index contributed by atoms with van der Waals surface area (Å²) < 4.78 is 0. The highest BCUT2D eigenvalue weighted by atomic mass is 32.1. The number of carbonyl (C=O) groups is 1. The second-order valence-electron chi connectivity index (χ2n) is 5.52. The Balaban J connectivity index is 1.60. The third-order valence-electron chi connectivity index (χ3n) is 4.24. The fourth-order valence-electron chi connectivity index (χ4n) is 2.89. The number of likely N-dealkylation sites (tertiary alicyclic amines) is 1. The van der Waals surface area contributed by atoms with E-state index in [0.717, 1.165) is 12.4 Å². The molecule has 1 aliphatic rings. The van der Waals surface area contributed by atoms with Crippen LogP contribution in [0.3, 0.4) is 0 Å². The smallest absolute Gasteiger partial charge is 0.257 e. The molecule has 0 atom stereocenters. The van der Waals surface area contributed by atoms with E-state index in [1.165, 1.54) is 42.8 Å². The van der Waals surface area contributed by atoms with Crippen molar-refractivity contribution >= 4 is 23.1 Å². The third kappa shape index (κ3) is 3.36. The monoisotopic (exact) mass is 303 g/mol. The minimum atomic E-state index is -0.0505. The Kier molecular flexibility index (Phi) is 4.41. The molecule has 3 heterocycles. The molecule has 112 valence electrons. The van der Waals surface area contributed by atoms with Crippen LogP contribution in [0.5, 0.6) is 0 Å². The van der Waals surface area contributed by atoms with Gasteiger partial charge in [0, 0.05) is 11.6 Å². The normalized spacial score (nSPS) is 17.0. The van der Waals surface area contributed by atoms with Gasteiger partial charge in [-0.1, -0.05) is 6.92 Å². The highest BCUT2D eigenvalue weighted by Crippen LogP contribution is 2.29. The first-order valence-corrected chi connectivity index (χ1v) is 8.44. The van der Waals surface area contributed by atoms with Crippen LogP contribution < -0.4 is 5.32 Å². The van der Waals surface area contributed by atoms with Crippen LogP contribution in [-0.2, 0) is 0 Å². The summed E-state index contributed by atoms with van der Waals surface area (Å²) in [6.07, 6.45) is 4.43. The Morgan fingerprint density at radius 2 is 2.29 bits per heavy atom. The van der Waals surface area contributed by atoms with Crippen LogP contribution in [0.15, 0.2) is 29.1 Å². The van der Waals surface area contributed by atoms with E-state index in [0.29, 0.717) is 11.5 Å². The number of H-pyrrole nitrogens is 1. The molecule has 0 unspecified atom stereocenters. The zero-order valence-corrected chi connectivity index (χ0v) is 13.1. The van der Waals surface area contributed by atoms with Gasteiger partial charge in [-0.05, 0) is 61.5 Å². The number of piperidine rings is 1. The first kappa shape index (κ1) is 14.4. The molecule has 0 aliphatic carbocycles. The number of amides is 1. The van der Waals surface area contributed by atoms with E-state index in [2.05, 4.69) is 28.2 Å². The van der Waals surface area contributed by atoms with E-state index in [-0.39, 0.29) is 5.91 Å². The molecule has 4 nitrogen and oxygen atoms in total. The molecule has 0 saturated carbocycles. The number of hydrogen-bond donors (Lipinski definition) is 2. The summed E-state index contributed by atoms with van der Waals surface area (Å²) in [5.41, 5.74) is 2.03. The molecule has 2 aromatic heterocycles. The minimum absolute atomic E-state index is 0.0505. The third-order valence-corrected chi connectivity index (χ3v) is 4.93. The van der Waals surface area contributed by atoms with Gasteiger partial charge in [0.2, 0.25) is 0 Å². The topological polar surface area (TPSA) is 48.1 Å². The number of anilines is 1. The maximum absolute atomic E-state index is 12.0. The van der Waals surface area contributed by atoms with Gasteiger partial charge in [-0.3, -0.25) is 4.79 Å². The van der Waals surface area contributed by atoms with E-state index in [4.69, 9.17) is 0 Å². The lowest BCUT2D eigenvalue weighted by Crippen LogP contribution is -2.32. The van der Waals surface area contributed by atoms with Gasteiger partial charge in [0.05, 0.1) is 5.56 Å². The fraction of sp³-hybridized carbons (Fsp3) is 0.438. The molecule has 1 aliphatic heterocycles. The molecule has 0 bridgehead atoms. The second-order valence-corrected chi connectivity index (χ2v) is 6.30. The number of thiophene rings is 1. The van der Waals surface area contributed by atoms with E-state index in [9.17, 15) is 4.79 Å². The Bertz CT molecular complexity index is 582. The lowest BCUT2D eigenvalue weighted by Gasteiger charge is -2.30. The van der Waals surface area contributed by atoms with Crippen molar-refractivity contribution in [2.24, 2.45) is 0 Å². The summed E-state index contributed by atoms with van der Waals surface area (Å²) >= 11 is 1.53. The fourth-order valence-corrected chi connectivity index (χ4v) is 3.53. The van der Waals surface area contributed by atoms with Crippen molar-refractivity contribution in [3.05, 3.63) is 40.2 Å². The zero-order chi connectivity index (χ0) is 14.7. The van der Waals surface area contributed by atoms with Gasteiger partial charge < -0.3 is 15.2 Å². The predicted octanol–water partition coefficient (Wildman–Crippen LogP) is 3.53. The standard InChI is InChI=1S/C16H21N3OS/c1-2-19-6-3-12(4-7-19)14-9-15(17-10-14)18-16(20)13-5-8-21-11-13/h5,8-12,17H,2-4,6-7H2,1H3,(H,18,20). The summed E-state index contributed by atoms with van der Waals surface area (Å²) in [6, 6.07) is 3.92. The van der Waals surface area contributed by atoms with Crippen molar-refractivity contribution in [1.29, 1.82) is 0 Å². The SMILES string of the molecule is CCN1CCC(c2c[nH]c(NC(=O)c3ccsc3)c2)CC1. The number of rotatable bonds is 4. The van der Waals surface area contributed by atoms with Crippen molar-refractivity contribution in [3.63, 3.8) is 0 Å². The number of aromatic nitrogens is 1. The number of nitrogens with one attached hydrogen (secondary N) is 2. The molecule has 0 spiro atoms. The number of nitrogens with zero attached hydrogens (tertiary/aromatic N) is 1. The summed E-state index contributed by atoms with van der Waals surface area (Å²) in [5, 5.41) is 6.70. The van der Waals surface area contributed by atoms with Gasteiger partial charge in [0.25, 0.3) is 5.91 Å². The summed E-state index contributed by atoms with van der Waals surface area (Å²) in [5.74, 6) is 1.35. The lowest BCUT2D eigenvalue weighted by molar-refractivity contribution is 0.102. The number of hydrogen-bond acceptors (Lipinski definition) is 3. The molecule has 3 rings (SSSR count). The van der Waals surface area contributed by atoms with E-state index in [1.807, 2.05) is 23.0 Å². The van der Waals surface area contributed by atoms with Gasteiger partial charge in [-0.25, -0.2) is 0 Å². The molecular weight excluding hydrogens is 282 g/mol. The number of carbonyl (C=O) groups excluding carboxylic acids is 1. The molecule has 5 heteroatoms. The minimum Gasteiger partial charge on any atom is -0.348 e. The first-order chi connectivity index (χ1) is 10.3. The van der Waals surface area contributed by atoms with Crippen LogP contribution in [0.25, 0.3) is 0 Å². The van der Waals surface area contributed by atoms with Crippen LogP contribution in [0, 0.1) is 0 Å². The lowest BCUT2D eigenvalue weighted by atomic mass is 9.91. The van der Waals surface area contributed by atoms with Gasteiger partial charge in [0.15, 0.2) is 0 Å². The van der Waals surface area contributed by atoms with Crippen molar-refractivity contribution < 1.29 is 4.79 Å². The average molecular weight is 303 g/mol. The molecule has 2 aromatic rings. The van der Waals surface area contributed by atoms with Crippen LogP contribution in [0.1, 0.15) is 41.6 Å². The van der Waals surface area contributed by atoms with E-state index >= 15 is 0 Å². The van der Waals surface area contributed by atoms with E-state index in [1.54, 1.807) is 0 Å². The molecule has 1 amide bonds. The van der Waals surface area contributed by atoms with Gasteiger partial charge in [-0.15, -0.1) is 0 Å². The van der Waals surface area contributed by atoms with Gasteiger partial charge in [0.1, 0.15) is 5.82 Å². The van der Waals surface area contributed by atoms with Crippen molar-refractivity contribution in [3.8, 4) is 0 Å². The first-order valence-electron chi connectivity index (χ1n) is 7.50. The molecule has 2 N–H and O–H groups in total. The average Bonchev–Trinajstić information content (AvgIpc) is 3.19. The van der Waals surface area contributed by atoms with Crippen LogP contribution in [-0.4, -0.2) is 35.4 Å². The van der Waals surface area contributed by atoms with Crippen molar-refractivity contribution in [2.75, 3.05) is 25.0 Å². The maximum Gasteiger partial charge on any atom is 0.257 e. The highest BCUT2D eigenvalue weighted by Gasteiger charge is 2.20. The second kappa shape index (κ2) is 6.45. The highest BCUT2D eigenvalue weighted by molar-refractivity contribution is 7.08. The maximum atomic E-state index is 12.0. The largest absolute Gasteiger partial charge is 0.348 e. The summed E-state index contributed by atoms with van der Waals surface area (Å²) in [6.45, 7) is 5.70. The molecular formula is C16H21N3OS. The predicted molar refractivity (Wildman–Crippen MR) is 87.2 cm³/mol. The molecule has 0 aromatic carbocycles. The molecule has 21 heavy (non-hydrogen) atoms. The zero-order valence-electron chi connectivity index (χ0n) is 12.3. The summed E-state index contributed by atoms with van der Waals surface area (Å²) in [4.78, 5) is 17.7. The molecule has 0 radical (unpaired) electrons. The van der Waals surface area contributed by atoms with Gasteiger partial charge >= 0.3 is 0 Å². The van der Waals surface area contributed by atoms with Gasteiger partial charge in [-0.2, -0.15) is 11.3 Å². The number of aromatic amines is 1.